The Labute approximate surface area is 120 Å². The van der Waals surface area contributed by atoms with Gasteiger partial charge in [0.1, 0.15) is 5.54 Å². The van der Waals surface area contributed by atoms with Crippen LogP contribution in [0.3, 0.4) is 0 Å². The van der Waals surface area contributed by atoms with Crippen LogP contribution in [-0.4, -0.2) is 35.2 Å². The summed E-state index contributed by atoms with van der Waals surface area (Å²) in [6.45, 7) is 0. The van der Waals surface area contributed by atoms with E-state index in [-0.39, 0.29) is 17.9 Å². The number of aliphatic carboxylic acids is 1. The molecule has 2 aliphatic rings. The Balaban J connectivity index is 2.00. The molecule has 2 N–H and O–H groups in total. The molecule has 0 bridgehead atoms. The average molecular weight is 283 g/mol. The molecule has 20 heavy (non-hydrogen) atoms. The molecule has 2 rings (SSSR count). The molecule has 5 nitrogen and oxygen atoms in total. The molecule has 0 aromatic rings. The van der Waals surface area contributed by atoms with Crippen molar-refractivity contribution in [3.8, 4) is 0 Å². The topological polar surface area (TPSA) is 75.6 Å². The number of nitrogens with one attached hydrogen (secondary N) is 1. The molecule has 2 saturated carbocycles. The summed E-state index contributed by atoms with van der Waals surface area (Å²) in [6.07, 6.45) is 8.02. The number of rotatable bonds is 5. The molecule has 0 aromatic carbocycles. The standard InChI is InChI=1S/C15H25NO4/c1-20-14(7-6-8-14)11-12(17)16-15(13(18)19)9-4-2-3-5-10-15/h2-11H2,1H3,(H,16,17)(H,18,19). The van der Waals surface area contributed by atoms with Crippen molar-refractivity contribution in [1.82, 2.24) is 5.32 Å². The van der Waals surface area contributed by atoms with Crippen molar-refractivity contribution in [1.29, 1.82) is 0 Å². The van der Waals surface area contributed by atoms with Crippen LogP contribution in [0.5, 0.6) is 0 Å². The highest BCUT2D eigenvalue weighted by atomic mass is 16.5. The summed E-state index contributed by atoms with van der Waals surface area (Å²) in [5.41, 5.74) is -1.42. The maximum Gasteiger partial charge on any atom is 0.329 e. The third kappa shape index (κ3) is 3.14. The van der Waals surface area contributed by atoms with E-state index in [0.29, 0.717) is 12.8 Å². The highest BCUT2D eigenvalue weighted by molar-refractivity contribution is 5.87. The van der Waals surface area contributed by atoms with Gasteiger partial charge in [0.15, 0.2) is 0 Å². The van der Waals surface area contributed by atoms with E-state index in [1.807, 2.05) is 0 Å². The molecule has 2 aliphatic carbocycles. The SMILES string of the molecule is COC1(CC(=O)NC2(C(=O)O)CCCCCC2)CCC1. The van der Waals surface area contributed by atoms with E-state index in [1.165, 1.54) is 0 Å². The van der Waals surface area contributed by atoms with Gasteiger partial charge in [-0.3, -0.25) is 4.79 Å². The van der Waals surface area contributed by atoms with E-state index in [9.17, 15) is 14.7 Å². The zero-order valence-electron chi connectivity index (χ0n) is 12.2. The minimum absolute atomic E-state index is 0.184. The Morgan fingerprint density at radius 3 is 2.05 bits per heavy atom. The Kier molecular flexibility index (Phi) is 4.68. The third-order valence-electron chi connectivity index (χ3n) is 4.93. The lowest BCUT2D eigenvalue weighted by Crippen LogP contribution is -2.56. The Morgan fingerprint density at radius 1 is 1.05 bits per heavy atom. The number of carboxylic acid groups (broad SMARTS) is 1. The van der Waals surface area contributed by atoms with Crippen molar-refractivity contribution in [2.45, 2.75) is 75.3 Å². The Bertz CT molecular complexity index is 363. The summed E-state index contributed by atoms with van der Waals surface area (Å²) in [5, 5.41) is 12.4. The number of hydrogen-bond acceptors (Lipinski definition) is 3. The van der Waals surface area contributed by atoms with E-state index in [0.717, 1.165) is 44.9 Å². The van der Waals surface area contributed by atoms with Crippen LogP contribution in [0.4, 0.5) is 0 Å². The van der Waals surface area contributed by atoms with Gasteiger partial charge in [-0.15, -0.1) is 0 Å². The maximum absolute atomic E-state index is 12.2. The van der Waals surface area contributed by atoms with Crippen LogP contribution in [0.2, 0.25) is 0 Å². The van der Waals surface area contributed by atoms with Gasteiger partial charge < -0.3 is 15.2 Å². The fourth-order valence-corrected chi connectivity index (χ4v) is 3.35. The maximum atomic E-state index is 12.2. The molecular weight excluding hydrogens is 258 g/mol. The first-order valence-corrected chi connectivity index (χ1v) is 7.62. The van der Waals surface area contributed by atoms with Crippen LogP contribution in [0.15, 0.2) is 0 Å². The summed E-state index contributed by atoms with van der Waals surface area (Å²) < 4.78 is 5.44. The molecule has 0 unspecified atom stereocenters. The molecule has 114 valence electrons. The number of amides is 1. The number of carboxylic acids is 1. The van der Waals surface area contributed by atoms with Gasteiger partial charge in [0.05, 0.1) is 12.0 Å². The summed E-state index contributed by atoms with van der Waals surface area (Å²) in [6, 6.07) is 0. The molecule has 0 radical (unpaired) electrons. The van der Waals surface area contributed by atoms with Crippen LogP contribution < -0.4 is 5.32 Å². The van der Waals surface area contributed by atoms with E-state index in [2.05, 4.69) is 5.32 Å². The van der Waals surface area contributed by atoms with Gasteiger partial charge in [-0.2, -0.15) is 0 Å². The molecular formula is C15H25NO4. The fraction of sp³-hybridized carbons (Fsp3) is 0.867. The van der Waals surface area contributed by atoms with Crippen molar-refractivity contribution in [3.63, 3.8) is 0 Å². The molecule has 5 heteroatoms. The van der Waals surface area contributed by atoms with Gasteiger partial charge in [0.2, 0.25) is 5.91 Å². The minimum Gasteiger partial charge on any atom is -0.480 e. The second-order valence-corrected chi connectivity index (χ2v) is 6.27. The lowest BCUT2D eigenvalue weighted by atomic mass is 9.77. The fourth-order valence-electron chi connectivity index (χ4n) is 3.35. The number of carbonyl (C=O) groups is 2. The third-order valence-corrected chi connectivity index (χ3v) is 4.93. The molecule has 0 spiro atoms. The molecule has 0 heterocycles. The van der Waals surface area contributed by atoms with Gasteiger partial charge in [-0.05, 0) is 32.1 Å². The monoisotopic (exact) mass is 283 g/mol. The Morgan fingerprint density at radius 2 is 1.65 bits per heavy atom. The largest absolute Gasteiger partial charge is 0.480 e. The number of methoxy groups -OCH3 is 1. The number of ether oxygens (including phenoxy) is 1. The predicted octanol–water partition coefficient (Wildman–Crippen LogP) is 2.24. The minimum atomic E-state index is -1.06. The lowest BCUT2D eigenvalue weighted by Gasteiger charge is -2.41. The second-order valence-electron chi connectivity index (χ2n) is 6.27. The van der Waals surface area contributed by atoms with E-state index in [4.69, 9.17) is 4.74 Å². The van der Waals surface area contributed by atoms with Crippen LogP contribution in [0, 0.1) is 0 Å². The van der Waals surface area contributed by atoms with Gasteiger partial charge >= 0.3 is 5.97 Å². The zero-order chi connectivity index (χ0) is 14.6. The van der Waals surface area contributed by atoms with Gasteiger partial charge in [0.25, 0.3) is 0 Å². The van der Waals surface area contributed by atoms with Gasteiger partial charge in [0, 0.05) is 7.11 Å². The van der Waals surface area contributed by atoms with Gasteiger partial charge in [-0.1, -0.05) is 25.7 Å². The van der Waals surface area contributed by atoms with Crippen molar-refractivity contribution in [3.05, 3.63) is 0 Å². The molecule has 0 saturated heterocycles. The highest BCUT2D eigenvalue weighted by Gasteiger charge is 2.43. The first-order valence-electron chi connectivity index (χ1n) is 7.62. The summed E-state index contributed by atoms with van der Waals surface area (Å²) in [7, 11) is 1.63. The van der Waals surface area contributed by atoms with Crippen molar-refractivity contribution < 1.29 is 19.4 Å². The van der Waals surface area contributed by atoms with E-state index < -0.39 is 11.5 Å². The zero-order valence-corrected chi connectivity index (χ0v) is 12.2. The van der Waals surface area contributed by atoms with Crippen molar-refractivity contribution >= 4 is 11.9 Å². The highest BCUT2D eigenvalue weighted by Crippen LogP contribution is 2.38. The van der Waals surface area contributed by atoms with E-state index >= 15 is 0 Å². The molecule has 2 fully saturated rings. The molecule has 1 amide bonds. The normalized spacial score (nSPS) is 24.2. The van der Waals surface area contributed by atoms with Gasteiger partial charge in [-0.25, -0.2) is 4.79 Å². The second kappa shape index (κ2) is 6.12. The summed E-state index contributed by atoms with van der Waals surface area (Å²) in [4.78, 5) is 23.9. The summed E-state index contributed by atoms with van der Waals surface area (Å²) >= 11 is 0. The van der Waals surface area contributed by atoms with Crippen molar-refractivity contribution in [2.75, 3.05) is 7.11 Å². The lowest BCUT2D eigenvalue weighted by molar-refractivity contribution is -0.151. The van der Waals surface area contributed by atoms with E-state index in [1.54, 1.807) is 7.11 Å². The molecule has 0 aromatic heterocycles. The van der Waals surface area contributed by atoms with Crippen LogP contribution in [-0.2, 0) is 14.3 Å². The predicted molar refractivity (Wildman–Crippen MR) is 74.4 cm³/mol. The summed E-state index contributed by atoms with van der Waals surface area (Å²) in [5.74, 6) is -1.08. The Hall–Kier alpha value is -1.10. The molecule has 0 aliphatic heterocycles. The van der Waals surface area contributed by atoms with Crippen LogP contribution in [0.25, 0.3) is 0 Å². The number of hydrogen-bond donors (Lipinski definition) is 2. The van der Waals surface area contributed by atoms with Crippen molar-refractivity contribution in [2.24, 2.45) is 0 Å². The average Bonchev–Trinajstić information content (AvgIpc) is 2.60. The van der Waals surface area contributed by atoms with Crippen LogP contribution >= 0.6 is 0 Å². The smallest absolute Gasteiger partial charge is 0.329 e. The van der Waals surface area contributed by atoms with Crippen LogP contribution in [0.1, 0.15) is 64.2 Å². The quantitative estimate of drug-likeness (QED) is 0.759. The first kappa shape index (κ1) is 15.3. The molecule has 0 atom stereocenters. The number of carbonyl (C=O) groups excluding carboxylic acids is 1. The first-order chi connectivity index (χ1) is 9.52.